The number of hydrogen-bond acceptors (Lipinski definition) is 4. The van der Waals surface area contributed by atoms with Crippen LogP contribution in [0.4, 0.5) is 0 Å². The number of rotatable bonds is 3. The van der Waals surface area contributed by atoms with Gasteiger partial charge < -0.3 is 18.8 Å². The fraction of sp³-hybridized carbons (Fsp3) is 0.350. The van der Waals surface area contributed by atoms with E-state index in [1.54, 1.807) is 30.0 Å². The lowest BCUT2D eigenvalue weighted by Gasteiger charge is -2.34. The molecule has 2 aromatic heterocycles. The van der Waals surface area contributed by atoms with Crippen molar-refractivity contribution in [2.45, 2.75) is 13.3 Å². The standard InChI is InChI=1S/C20H22N4O3/c1-14-21-17-12-16(3-4-18(17)27-14)20(26)24-9-7-23(8-10-24)19(25)11-15-5-6-22(2)13-15/h3-6,12-13H,7-11H2,1-2H3. The highest BCUT2D eigenvalue weighted by molar-refractivity contribution is 5.97. The molecule has 3 aromatic rings. The Hall–Kier alpha value is -3.09. The van der Waals surface area contributed by atoms with Crippen LogP contribution in [0.2, 0.25) is 0 Å². The molecule has 7 heteroatoms. The Bertz CT molecular complexity index is 996. The summed E-state index contributed by atoms with van der Waals surface area (Å²) in [5.74, 6) is 0.653. The molecule has 0 saturated carbocycles. The van der Waals surface area contributed by atoms with Crippen molar-refractivity contribution in [2.24, 2.45) is 7.05 Å². The second-order valence-corrected chi connectivity index (χ2v) is 6.95. The van der Waals surface area contributed by atoms with Crippen molar-refractivity contribution < 1.29 is 14.0 Å². The fourth-order valence-corrected chi connectivity index (χ4v) is 3.47. The number of aryl methyl sites for hydroxylation is 2. The van der Waals surface area contributed by atoms with Crippen molar-refractivity contribution >= 4 is 22.9 Å². The number of nitrogens with zero attached hydrogens (tertiary/aromatic N) is 4. The van der Waals surface area contributed by atoms with Crippen LogP contribution in [0.5, 0.6) is 0 Å². The monoisotopic (exact) mass is 366 g/mol. The van der Waals surface area contributed by atoms with Gasteiger partial charge in [-0.3, -0.25) is 9.59 Å². The zero-order chi connectivity index (χ0) is 19.0. The zero-order valence-corrected chi connectivity index (χ0v) is 15.5. The molecule has 4 rings (SSSR count). The van der Waals surface area contributed by atoms with Crippen LogP contribution in [0, 0.1) is 6.92 Å². The van der Waals surface area contributed by atoms with Crippen LogP contribution in [0.25, 0.3) is 11.1 Å². The van der Waals surface area contributed by atoms with E-state index < -0.39 is 0 Å². The molecule has 0 bridgehead atoms. The van der Waals surface area contributed by atoms with Crippen LogP contribution in [0.3, 0.4) is 0 Å². The number of aromatic nitrogens is 2. The molecule has 1 saturated heterocycles. The van der Waals surface area contributed by atoms with E-state index in [0.717, 1.165) is 5.56 Å². The fourth-order valence-electron chi connectivity index (χ4n) is 3.47. The molecule has 0 unspecified atom stereocenters. The van der Waals surface area contributed by atoms with E-state index in [1.807, 2.05) is 35.0 Å². The Morgan fingerprint density at radius 1 is 1.11 bits per heavy atom. The number of hydrogen-bond donors (Lipinski definition) is 0. The van der Waals surface area contributed by atoms with Gasteiger partial charge in [-0.1, -0.05) is 0 Å². The van der Waals surface area contributed by atoms with Gasteiger partial charge in [-0.05, 0) is 29.8 Å². The van der Waals surface area contributed by atoms with Gasteiger partial charge in [0.2, 0.25) is 5.91 Å². The molecule has 1 aliphatic heterocycles. The summed E-state index contributed by atoms with van der Waals surface area (Å²) in [6.45, 7) is 3.98. The van der Waals surface area contributed by atoms with Crippen molar-refractivity contribution in [1.29, 1.82) is 0 Å². The smallest absolute Gasteiger partial charge is 0.254 e. The molecule has 3 heterocycles. The van der Waals surface area contributed by atoms with E-state index in [4.69, 9.17) is 4.42 Å². The summed E-state index contributed by atoms with van der Waals surface area (Å²) in [4.78, 5) is 33.2. The number of fused-ring (bicyclic) bond motifs is 1. The molecular weight excluding hydrogens is 344 g/mol. The molecule has 0 N–H and O–H groups in total. The van der Waals surface area contributed by atoms with Gasteiger partial charge in [0.1, 0.15) is 5.52 Å². The maximum absolute atomic E-state index is 12.8. The van der Waals surface area contributed by atoms with E-state index >= 15 is 0 Å². The number of carbonyl (C=O) groups excluding carboxylic acids is 2. The highest BCUT2D eigenvalue weighted by atomic mass is 16.3. The molecule has 1 fully saturated rings. The van der Waals surface area contributed by atoms with Gasteiger partial charge in [0.15, 0.2) is 11.5 Å². The predicted octanol–water partition coefficient (Wildman–Crippen LogP) is 2.00. The lowest BCUT2D eigenvalue weighted by atomic mass is 10.1. The summed E-state index contributed by atoms with van der Waals surface area (Å²) < 4.78 is 7.39. The SMILES string of the molecule is Cc1nc2cc(C(=O)N3CCN(C(=O)Cc4ccn(C)c4)CC3)ccc2o1. The van der Waals surface area contributed by atoms with Gasteiger partial charge in [-0.2, -0.15) is 0 Å². The summed E-state index contributed by atoms with van der Waals surface area (Å²) >= 11 is 0. The second kappa shape index (κ2) is 6.90. The molecular formula is C20H22N4O3. The van der Waals surface area contributed by atoms with Crippen molar-refractivity contribution in [1.82, 2.24) is 19.4 Å². The van der Waals surface area contributed by atoms with Crippen LogP contribution in [-0.4, -0.2) is 57.3 Å². The van der Waals surface area contributed by atoms with E-state index in [2.05, 4.69) is 4.98 Å². The van der Waals surface area contributed by atoms with Crippen molar-refractivity contribution in [3.63, 3.8) is 0 Å². The Balaban J connectivity index is 1.37. The largest absolute Gasteiger partial charge is 0.441 e. The van der Waals surface area contributed by atoms with Crippen LogP contribution >= 0.6 is 0 Å². The Labute approximate surface area is 157 Å². The molecule has 2 amide bonds. The molecule has 7 nitrogen and oxygen atoms in total. The molecule has 27 heavy (non-hydrogen) atoms. The average molecular weight is 366 g/mol. The van der Waals surface area contributed by atoms with Gasteiger partial charge in [-0.15, -0.1) is 0 Å². The maximum Gasteiger partial charge on any atom is 0.254 e. The van der Waals surface area contributed by atoms with Gasteiger partial charge >= 0.3 is 0 Å². The minimum atomic E-state index is -0.0345. The normalized spacial score (nSPS) is 14.7. The molecule has 1 aromatic carbocycles. The van der Waals surface area contributed by atoms with Gasteiger partial charge in [0.25, 0.3) is 5.91 Å². The van der Waals surface area contributed by atoms with Crippen molar-refractivity contribution in [2.75, 3.05) is 26.2 Å². The third-order valence-electron chi connectivity index (χ3n) is 4.91. The Kier molecular flexibility index (Phi) is 4.43. The summed E-state index contributed by atoms with van der Waals surface area (Å²) in [7, 11) is 1.94. The first-order chi connectivity index (χ1) is 13.0. The quantitative estimate of drug-likeness (QED) is 0.711. The average Bonchev–Trinajstić information content (AvgIpc) is 3.24. The van der Waals surface area contributed by atoms with Crippen molar-refractivity contribution in [3.05, 3.63) is 53.7 Å². The minimum Gasteiger partial charge on any atom is -0.441 e. The number of oxazole rings is 1. The van der Waals surface area contributed by atoms with E-state index in [-0.39, 0.29) is 11.8 Å². The summed E-state index contributed by atoms with van der Waals surface area (Å²) in [5, 5.41) is 0. The Morgan fingerprint density at radius 2 is 1.85 bits per heavy atom. The Morgan fingerprint density at radius 3 is 2.56 bits per heavy atom. The summed E-state index contributed by atoms with van der Waals surface area (Å²) in [6, 6.07) is 7.27. The third kappa shape index (κ3) is 3.58. The molecule has 0 radical (unpaired) electrons. The van der Waals surface area contributed by atoms with Gasteiger partial charge in [0.05, 0.1) is 6.42 Å². The number of carbonyl (C=O) groups is 2. The number of piperazine rings is 1. The number of benzene rings is 1. The maximum atomic E-state index is 12.8. The minimum absolute atomic E-state index is 0.0345. The lowest BCUT2D eigenvalue weighted by Crippen LogP contribution is -2.51. The molecule has 140 valence electrons. The summed E-state index contributed by atoms with van der Waals surface area (Å²) in [6.07, 6.45) is 4.29. The third-order valence-corrected chi connectivity index (χ3v) is 4.91. The highest BCUT2D eigenvalue weighted by Crippen LogP contribution is 2.18. The van der Waals surface area contributed by atoms with Gasteiger partial charge in [-0.25, -0.2) is 4.98 Å². The van der Waals surface area contributed by atoms with E-state index in [0.29, 0.717) is 55.2 Å². The zero-order valence-electron chi connectivity index (χ0n) is 15.5. The second-order valence-electron chi connectivity index (χ2n) is 6.95. The summed E-state index contributed by atoms with van der Waals surface area (Å²) in [5.41, 5.74) is 2.98. The molecule has 0 spiro atoms. The number of amides is 2. The van der Waals surface area contributed by atoms with Crippen LogP contribution in [0.1, 0.15) is 21.8 Å². The van der Waals surface area contributed by atoms with Crippen LogP contribution < -0.4 is 0 Å². The predicted molar refractivity (Wildman–Crippen MR) is 100 cm³/mol. The highest BCUT2D eigenvalue weighted by Gasteiger charge is 2.25. The first kappa shape index (κ1) is 17.3. The van der Waals surface area contributed by atoms with Crippen molar-refractivity contribution in [3.8, 4) is 0 Å². The van der Waals surface area contributed by atoms with E-state index in [9.17, 15) is 9.59 Å². The lowest BCUT2D eigenvalue weighted by molar-refractivity contribution is -0.131. The van der Waals surface area contributed by atoms with Gasteiger partial charge in [0, 0.05) is 58.1 Å². The van der Waals surface area contributed by atoms with E-state index in [1.165, 1.54) is 0 Å². The first-order valence-electron chi connectivity index (χ1n) is 9.05. The van der Waals surface area contributed by atoms with Crippen LogP contribution in [0.15, 0.2) is 41.1 Å². The first-order valence-corrected chi connectivity index (χ1v) is 9.05. The topological polar surface area (TPSA) is 71.6 Å². The van der Waals surface area contributed by atoms with Crippen LogP contribution in [-0.2, 0) is 18.3 Å². The molecule has 1 aliphatic rings. The molecule has 0 aliphatic carbocycles. The molecule has 0 atom stereocenters.